The van der Waals surface area contributed by atoms with Crippen molar-refractivity contribution in [2.45, 2.75) is 30.2 Å². The third-order valence-electron chi connectivity index (χ3n) is 4.29. The van der Waals surface area contributed by atoms with Gasteiger partial charge in [-0.05, 0) is 24.7 Å². The number of halogens is 1. The molecule has 1 heterocycles. The lowest BCUT2D eigenvalue weighted by Crippen LogP contribution is -2.41. The van der Waals surface area contributed by atoms with Crippen LogP contribution in [0.1, 0.15) is 12.8 Å². The van der Waals surface area contributed by atoms with Crippen molar-refractivity contribution in [3.8, 4) is 0 Å². The fourth-order valence-corrected chi connectivity index (χ4v) is 6.12. The van der Waals surface area contributed by atoms with Crippen molar-refractivity contribution in [1.82, 2.24) is 4.31 Å². The standard InChI is InChI=1S/C9H14ClNO3S/c1-11-8-6-2-5(9(8)14-4-10)3-7(6)15(11,12)13/h5-9H,2-4H2,1H3. The summed E-state index contributed by atoms with van der Waals surface area (Å²) in [4.78, 5) is 0. The Bertz CT molecular complexity index is 385. The molecule has 2 bridgehead atoms. The van der Waals surface area contributed by atoms with Crippen LogP contribution in [0.3, 0.4) is 0 Å². The van der Waals surface area contributed by atoms with Gasteiger partial charge in [0.25, 0.3) is 0 Å². The van der Waals surface area contributed by atoms with E-state index in [4.69, 9.17) is 16.3 Å². The Balaban J connectivity index is 1.99. The van der Waals surface area contributed by atoms with Crippen molar-refractivity contribution in [2.75, 3.05) is 13.1 Å². The number of fused-ring (bicyclic) bond motifs is 1. The molecule has 0 N–H and O–H groups in total. The van der Waals surface area contributed by atoms with Gasteiger partial charge < -0.3 is 4.74 Å². The molecule has 2 aliphatic carbocycles. The molecule has 0 spiro atoms. The van der Waals surface area contributed by atoms with Crippen LogP contribution in [0.4, 0.5) is 0 Å². The third kappa shape index (κ3) is 1.12. The summed E-state index contributed by atoms with van der Waals surface area (Å²) in [5, 5.41) is -0.146. The molecule has 86 valence electrons. The summed E-state index contributed by atoms with van der Waals surface area (Å²) >= 11 is 5.58. The summed E-state index contributed by atoms with van der Waals surface area (Å²) in [6.07, 6.45) is 1.77. The van der Waals surface area contributed by atoms with Gasteiger partial charge in [-0.15, -0.1) is 0 Å². The number of nitrogens with zero attached hydrogens (tertiary/aromatic N) is 1. The van der Waals surface area contributed by atoms with Crippen molar-refractivity contribution < 1.29 is 13.2 Å². The number of alkyl halides is 1. The summed E-state index contributed by atoms with van der Waals surface area (Å²) in [5.41, 5.74) is 0. The number of hydrogen-bond donors (Lipinski definition) is 0. The molecule has 5 unspecified atom stereocenters. The number of sulfonamides is 1. The first-order valence-corrected chi connectivity index (χ1v) is 7.25. The van der Waals surface area contributed by atoms with Crippen LogP contribution < -0.4 is 0 Å². The molecule has 15 heavy (non-hydrogen) atoms. The first-order chi connectivity index (χ1) is 7.07. The van der Waals surface area contributed by atoms with Gasteiger partial charge in [-0.25, -0.2) is 8.42 Å². The number of rotatable bonds is 2. The van der Waals surface area contributed by atoms with Crippen molar-refractivity contribution in [1.29, 1.82) is 0 Å². The van der Waals surface area contributed by atoms with Crippen LogP contribution in [-0.2, 0) is 14.8 Å². The molecule has 5 atom stereocenters. The minimum atomic E-state index is -3.05. The predicted molar refractivity (Wildman–Crippen MR) is 56.1 cm³/mol. The van der Waals surface area contributed by atoms with Crippen molar-refractivity contribution in [3.05, 3.63) is 0 Å². The quantitative estimate of drug-likeness (QED) is 0.676. The van der Waals surface area contributed by atoms with Crippen molar-refractivity contribution in [2.24, 2.45) is 11.8 Å². The molecule has 0 aromatic carbocycles. The van der Waals surface area contributed by atoms with E-state index in [2.05, 4.69) is 0 Å². The second-order valence-electron chi connectivity index (χ2n) is 4.73. The zero-order valence-corrected chi connectivity index (χ0v) is 10.0. The topological polar surface area (TPSA) is 46.6 Å². The molecule has 3 rings (SSSR count). The van der Waals surface area contributed by atoms with Crippen molar-refractivity contribution >= 4 is 21.6 Å². The van der Waals surface area contributed by atoms with E-state index in [1.54, 1.807) is 7.05 Å². The Hall–Kier alpha value is 0.160. The summed E-state index contributed by atoms with van der Waals surface area (Å²) in [6.45, 7) is 0. The normalized spacial score (nSPS) is 51.5. The lowest BCUT2D eigenvalue weighted by Gasteiger charge is -2.27. The summed E-state index contributed by atoms with van der Waals surface area (Å²) in [7, 11) is -1.38. The zero-order valence-electron chi connectivity index (χ0n) is 8.47. The van der Waals surface area contributed by atoms with Crippen molar-refractivity contribution in [3.63, 3.8) is 0 Å². The molecule has 1 saturated heterocycles. The molecule has 1 aliphatic heterocycles. The lowest BCUT2D eigenvalue weighted by atomic mass is 9.92. The van der Waals surface area contributed by atoms with Crippen LogP contribution >= 0.6 is 11.6 Å². The maximum absolute atomic E-state index is 12.0. The van der Waals surface area contributed by atoms with E-state index in [0.717, 1.165) is 12.8 Å². The van der Waals surface area contributed by atoms with Crippen LogP contribution in [0.5, 0.6) is 0 Å². The zero-order chi connectivity index (χ0) is 10.8. The highest BCUT2D eigenvalue weighted by Crippen LogP contribution is 2.56. The maximum atomic E-state index is 12.0. The molecule has 0 aromatic heterocycles. The van der Waals surface area contributed by atoms with Gasteiger partial charge in [0.2, 0.25) is 10.0 Å². The Kier molecular flexibility index (Phi) is 2.13. The second kappa shape index (κ2) is 3.09. The molecule has 0 radical (unpaired) electrons. The molecule has 3 aliphatic rings. The number of ether oxygens (including phenoxy) is 1. The van der Waals surface area contributed by atoms with Crippen LogP contribution in [0.15, 0.2) is 0 Å². The molecule has 2 saturated carbocycles. The van der Waals surface area contributed by atoms with Gasteiger partial charge in [0.05, 0.1) is 17.4 Å². The van der Waals surface area contributed by atoms with Crippen LogP contribution in [0.2, 0.25) is 0 Å². The fourth-order valence-electron chi connectivity index (χ4n) is 3.73. The van der Waals surface area contributed by atoms with E-state index in [1.807, 2.05) is 0 Å². The van der Waals surface area contributed by atoms with Gasteiger partial charge in [0.1, 0.15) is 6.07 Å². The highest BCUT2D eigenvalue weighted by atomic mass is 35.5. The Morgan fingerprint density at radius 1 is 1.47 bits per heavy atom. The predicted octanol–water partition coefficient (Wildman–Crippen LogP) is 0.620. The van der Waals surface area contributed by atoms with Crippen LogP contribution in [0, 0.1) is 11.8 Å². The Morgan fingerprint density at radius 3 is 2.87 bits per heavy atom. The average molecular weight is 252 g/mol. The minimum Gasteiger partial charge on any atom is -0.361 e. The number of hydrogen-bond acceptors (Lipinski definition) is 3. The average Bonchev–Trinajstić information content (AvgIpc) is 2.77. The largest absolute Gasteiger partial charge is 0.361 e. The molecule has 4 nitrogen and oxygen atoms in total. The van der Waals surface area contributed by atoms with Gasteiger partial charge in [-0.1, -0.05) is 11.6 Å². The third-order valence-corrected chi connectivity index (χ3v) is 6.77. The van der Waals surface area contributed by atoms with E-state index in [9.17, 15) is 8.42 Å². The number of likely N-dealkylation sites (N-methyl/N-ethyl adjacent to an activating group) is 1. The van der Waals surface area contributed by atoms with E-state index in [0.29, 0.717) is 5.92 Å². The SMILES string of the molecule is CN1C2C3CC(CC3S1(=O)=O)C2OCCl. The summed E-state index contributed by atoms with van der Waals surface area (Å²) in [5.74, 6) is 0.668. The molecule has 3 fully saturated rings. The first kappa shape index (κ1) is 10.3. The molecular formula is C9H14ClNO3S. The Morgan fingerprint density at radius 2 is 2.20 bits per heavy atom. The second-order valence-corrected chi connectivity index (χ2v) is 7.16. The monoisotopic (exact) mass is 251 g/mol. The molecular weight excluding hydrogens is 238 g/mol. The smallest absolute Gasteiger partial charge is 0.217 e. The molecule has 6 heteroatoms. The summed E-state index contributed by atoms with van der Waals surface area (Å²) < 4.78 is 31.0. The minimum absolute atomic E-state index is 0.0195. The van der Waals surface area contributed by atoms with Gasteiger partial charge in [-0.2, -0.15) is 4.31 Å². The first-order valence-electron chi connectivity index (χ1n) is 5.21. The molecule has 0 amide bonds. The van der Waals surface area contributed by atoms with Gasteiger partial charge in [-0.3, -0.25) is 0 Å². The molecule has 0 aromatic rings. The summed E-state index contributed by atoms with van der Waals surface area (Å²) in [6, 6.07) is 0.195. The maximum Gasteiger partial charge on any atom is 0.217 e. The van der Waals surface area contributed by atoms with E-state index in [-0.39, 0.29) is 29.4 Å². The van der Waals surface area contributed by atoms with E-state index < -0.39 is 10.0 Å². The lowest BCUT2D eigenvalue weighted by molar-refractivity contribution is 0.0129. The fraction of sp³-hybridized carbons (Fsp3) is 1.00. The van der Waals surface area contributed by atoms with Gasteiger partial charge in [0.15, 0.2) is 0 Å². The van der Waals surface area contributed by atoms with E-state index >= 15 is 0 Å². The van der Waals surface area contributed by atoms with Crippen LogP contribution in [-0.4, -0.2) is 43.2 Å². The van der Waals surface area contributed by atoms with Gasteiger partial charge >= 0.3 is 0 Å². The highest BCUT2D eigenvalue weighted by Gasteiger charge is 2.65. The highest BCUT2D eigenvalue weighted by molar-refractivity contribution is 7.90. The Labute approximate surface area is 94.6 Å². The van der Waals surface area contributed by atoms with Crippen LogP contribution in [0.25, 0.3) is 0 Å². The van der Waals surface area contributed by atoms with E-state index in [1.165, 1.54) is 4.31 Å². The van der Waals surface area contributed by atoms with Gasteiger partial charge in [0, 0.05) is 7.05 Å².